The lowest BCUT2D eigenvalue weighted by Crippen LogP contribution is -2.32. The Morgan fingerprint density at radius 2 is 1.88 bits per heavy atom. The minimum Gasteiger partial charge on any atom is -0.497 e. The molecule has 1 saturated carbocycles. The van der Waals surface area contributed by atoms with Crippen molar-refractivity contribution in [2.75, 3.05) is 12.4 Å². The lowest BCUT2D eigenvalue weighted by atomic mass is 9.99. The van der Waals surface area contributed by atoms with Crippen LogP contribution in [-0.4, -0.2) is 12.6 Å². The number of methoxy groups -OCH3 is 1. The molecule has 0 aromatic heterocycles. The van der Waals surface area contributed by atoms with Crippen molar-refractivity contribution in [3.05, 3.63) is 24.3 Å². The van der Waals surface area contributed by atoms with E-state index in [4.69, 9.17) is 4.74 Å². The SMILES string of the molecule is COc1ccc(NC2(C#N)CCCC2)cc1. The first-order valence-corrected chi connectivity index (χ1v) is 5.61. The van der Waals surface area contributed by atoms with E-state index in [1.165, 1.54) is 0 Å². The molecule has 0 spiro atoms. The van der Waals surface area contributed by atoms with Crippen molar-refractivity contribution in [2.45, 2.75) is 31.2 Å². The number of nitriles is 1. The first-order valence-electron chi connectivity index (χ1n) is 5.61. The molecule has 3 heteroatoms. The highest BCUT2D eigenvalue weighted by atomic mass is 16.5. The van der Waals surface area contributed by atoms with E-state index in [0.29, 0.717) is 0 Å². The summed E-state index contributed by atoms with van der Waals surface area (Å²) in [6.07, 6.45) is 4.15. The molecular formula is C13H16N2O. The normalized spacial score (nSPS) is 17.8. The van der Waals surface area contributed by atoms with Crippen molar-refractivity contribution in [1.82, 2.24) is 0 Å². The van der Waals surface area contributed by atoms with Gasteiger partial charge in [0, 0.05) is 5.69 Å². The fraction of sp³-hybridized carbons (Fsp3) is 0.462. The Labute approximate surface area is 96.0 Å². The number of hydrogen-bond acceptors (Lipinski definition) is 3. The van der Waals surface area contributed by atoms with Crippen molar-refractivity contribution < 1.29 is 4.74 Å². The van der Waals surface area contributed by atoms with E-state index < -0.39 is 0 Å². The van der Waals surface area contributed by atoms with Crippen LogP contribution in [0.1, 0.15) is 25.7 Å². The molecule has 0 saturated heterocycles. The van der Waals surface area contributed by atoms with Crippen molar-refractivity contribution in [1.29, 1.82) is 5.26 Å². The van der Waals surface area contributed by atoms with Crippen LogP contribution in [0.15, 0.2) is 24.3 Å². The van der Waals surface area contributed by atoms with Gasteiger partial charge in [-0.25, -0.2) is 0 Å². The fourth-order valence-corrected chi connectivity index (χ4v) is 2.19. The maximum absolute atomic E-state index is 9.24. The van der Waals surface area contributed by atoms with Gasteiger partial charge in [0.25, 0.3) is 0 Å². The Morgan fingerprint density at radius 1 is 1.25 bits per heavy atom. The lowest BCUT2D eigenvalue weighted by molar-refractivity contribution is 0.415. The molecule has 84 valence electrons. The third kappa shape index (κ3) is 2.11. The van der Waals surface area contributed by atoms with Gasteiger partial charge in [-0.1, -0.05) is 0 Å². The molecular weight excluding hydrogens is 200 g/mol. The summed E-state index contributed by atoms with van der Waals surface area (Å²) in [5, 5.41) is 12.6. The molecule has 1 aromatic carbocycles. The molecule has 0 unspecified atom stereocenters. The van der Waals surface area contributed by atoms with Crippen LogP contribution >= 0.6 is 0 Å². The van der Waals surface area contributed by atoms with E-state index in [1.54, 1.807) is 7.11 Å². The molecule has 1 aliphatic carbocycles. The second-order valence-electron chi connectivity index (χ2n) is 4.25. The largest absolute Gasteiger partial charge is 0.497 e. The molecule has 1 fully saturated rings. The summed E-state index contributed by atoms with van der Waals surface area (Å²) in [6, 6.07) is 10.1. The second-order valence-corrected chi connectivity index (χ2v) is 4.25. The molecule has 0 heterocycles. The zero-order valence-electron chi connectivity index (χ0n) is 9.49. The van der Waals surface area contributed by atoms with Crippen LogP contribution in [0.2, 0.25) is 0 Å². The quantitative estimate of drug-likeness (QED) is 0.844. The third-order valence-corrected chi connectivity index (χ3v) is 3.14. The van der Waals surface area contributed by atoms with E-state index in [1.807, 2.05) is 24.3 Å². The van der Waals surface area contributed by atoms with E-state index >= 15 is 0 Å². The van der Waals surface area contributed by atoms with Gasteiger partial charge in [-0.05, 0) is 49.9 Å². The molecule has 16 heavy (non-hydrogen) atoms. The molecule has 2 rings (SSSR count). The topological polar surface area (TPSA) is 45.0 Å². The van der Waals surface area contributed by atoms with Crippen LogP contribution in [0.3, 0.4) is 0 Å². The van der Waals surface area contributed by atoms with Gasteiger partial charge in [-0.3, -0.25) is 0 Å². The molecule has 0 bridgehead atoms. The highest BCUT2D eigenvalue weighted by Crippen LogP contribution is 2.32. The standard InChI is InChI=1S/C13H16N2O/c1-16-12-6-4-11(5-7-12)15-13(10-14)8-2-3-9-13/h4-7,15H,2-3,8-9H2,1H3. The van der Waals surface area contributed by atoms with E-state index in [9.17, 15) is 5.26 Å². The second kappa shape index (κ2) is 4.44. The zero-order chi connectivity index (χ0) is 11.4. The average molecular weight is 216 g/mol. The predicted molar refractivity (Wildman–Crippen MR) is 63.4 cm³/mol. The van der Waals surface area contributed by atoms with Crippen LogP contribution < -0.4 is 10.1 Å². The third-order valence-electron chi connectivity index (χ3n) is 3.14. The van der Waals surface area contributed by atoms with Crippen LogP contribution in [0, 0.1) is 11.3 Å². The number of nitrogens with one attached hydrogen (secondary N) is 1. The Morgan fingerprint density at radius 3 is 2.38 bits per heavy atom. The van der Waals surface area contributed by atoms with Crippen LogP contribution in [0.4, 0.5) is 5.69 Å². The molecule has 1 aromatic rings. The van der Waals surface area contributed by atoms with Gasteiger partial charge in [0.15, 0.2) is 0 Å². The van der Waals surface area contributed by atoms with Gasteiger partial charge >= 0.3 is 0 Å². The monoisotopic (exact) mass is 216 g/mol. The minimum absolute atomic E-state index is 0.353. The van der Waals surface area contributed by atoms with Crippen LogP contribution in [0.5, 0.6) is 5.75 Å². The Bertz CT molecular complexity index is 385. The molecule has 1 N–H and O–H groups in total. The van der Waals surface area contributed by atoms with E-state index in [0.717, 1.165) is 37.1 Å². The van der Waals surface area contributed by atoms with Crippen LogP contribution in [0.25, 0.3) is 0 Å². The highest BCUT2D eigenvalue weighted by Gasteiger charge is 2.33. The van der Waals surface area contributed by atoms with Gasteiger partial charge in [0.1, 0.15) is 11.3 Å². The predicted octanol–water partition coefficient (Wildman–Crippen LogP) is 2.94. The first-order chi connectivity index (χ1) is 7.78. The molecule has 0 amide bonds. The number of nitrogens with zero attached hydrogens (tertiary/aromatic N) is 1. The maximum atomic E-state index is 9.24. The summed E-state index contributed by atoms with van der Waals surface area (Å²) in [5.41, 5.74) is 0.637. The van der Waals surface area contributed by atoms with Crippen LogP contribution in [-0.2, 0) is 0 Å². The van der Waals surface area contributed by atoms with Crippen molar-refractivity contribution in [3.63, 3.8) is 0 Å². The average Bonchev–Trinajstić information content (AvgIpc) is 2.79. The van der Waals surface area contributed by atoms with Gasteiger partial charge in [0.05, 0.1) is 13.2 Å². The Hall–Kier alpha value is -1.69. The van der Waals surface area contributed by atoms with Gasteiger partial charge in [-0.15, -0.1) is 0 Å². The summed E-state index contributed by atoms with van der Waals surface area (Å²) in [5.74, 6) is 0.836. The molecule has 0 aliphatic heterocycles. The summed E-state index contributed by atoms with van der Waals surface area (Å²) in [4.78, 5) is 0. The van der Waals surface area contributed by atoms with Gasteiger partial charge < -0.3 is 10.1 Å². The van der Waals surface area contributed by atoms with E-state index in [2.05, 4.69) is 11.4 Å². The smallest absolute Gasteiger partial charge is 0.125 e. The first kappa shape index (κ1) is 10.8. The number of rotatable bonds is 3. The molecule has 0 atom stereocenters. The molecule has 1 aliphatic rings. The van der Waals surface area contributed by atoms with Crippen molar-refractivity contribution >= 4 is 5.69 Å². The Balaban J connectivity index is 2.11. The number of anilines is 1. The highest BCUT2D eigenvalue weighted by molar-refractivity contribution is 5.50. The number of hydrogen-bond donors (Lipinski definition) is 1. The summed E-state index contributed by atoms with van der Waals surface area (Å²) >= 11 is 0. The number of benzene rings is 1. The summed E-state index contributed by atoms with van der Waals surface area (Å²) in [6.45, 7) is 0. The number of ether oxygens (including phenoxy) is 1. The van der Waals surface area contributed by atoms with Gasteiger partial charge in [0.2, 0.25) is 0 Å². The van der Waals surface area contributed by atoms with Gasteiger partial charge in [-0.2, -0.15) is 5.26 Å². The van der Waals surface area contributed by atoms with E-state index in [-0.39, 0.29) is 5.54 Å². The van der Waals surface area contributed by atoms with Crippen molar-refractivity contribution in [2.24, 2.45) is 0 Å². The fourth-order valence-electron chi connectivity index (χ4n) is 2.19. The molecule has 0 radical (unpaired) electrons. The zero-order valence-corrected chi connectivity index (χ0v) is 9.49. The Kier molecular flexibility index (Phi) is 3.00. The maximum Gasteiger partial charge on any atom is 0.125 e. The van der Waals surface area contributed by atoms with Crippen molar-refractivity contribution in [3.8, 4) is 11.8 Å². The minimum atomic E-state index is -0.353. The molecule has 3 nitrogen and oxygen atoms in total. The summed E-state index contributed by atoms with van der Waals surface area (Å²) in [7, 11) is 1.65. The lowest BCUT2D eigenvalue weighted by Gasteiger charge is -2.23. The summed E-state index contributed by atoms with van der Waals surface area (Å²) < 4.78 is 5.10.